The van der Waals surface area contributed by atoms with Gasteiger partial charge in [0.2, 0.25) is 0 Å². The third-order valence-electron chi connectivity index (χ3n) is 2.70. The second-order valence-electron chi connectivity index (χ2n) is 3.88. The Kier molecular flexibility index (Phi) is 2.76. The van der Waals surface area contributed by atoms with Gasteiger partial charge in [0.25, 0.3) is 0 Å². The molecule has 0 aliphatic rings. The lowest BCUT2D eigenvalue weighted by Gasteiger charge is -2.06. The molecular weight excluding hydrogens is 228 g/mol. The third kappa shape index (κ3) is 2.29. The van der Waals surface area contributed by atoms with Crippen molar-refractivity contribution in [2.45, 2.75) is 6.54 Å². The van der Waals surface area contributed by atoms with E-state index in [1.807, 2.05) is 11.7 Å². The molecule has 0 saturated heterocycles. The van der Waals surface area contributed by atoms with Crippen LogP contribution >= 0.6 is 11.3 Å². The van der Waals surface area contributed by atoms with Crippen molar-refractivity contribution in [3.8, 4) is 0 Å². The largest absolute Gasteiger partial charge is 0.380 e. The molecule has 1 heterocycles. The lowest BCUT2D eigenvalue weighted by Crippen LogP contribution is -1.96. The van der Waals surface area contributed by atoms with Crippen LogP contribution in [-0.4, -0.2) is 4.98 Å². The number of nitrogens with one attached hydrogen (secondary N) is 1. The lowest BCUT2D eigenvalue weighted by molar-refractivity contribution is 1.18. The molecule has 1 N–H and O–H groups in total. The normalized spacial score (nSPS) is 10.6. The number of thiazole rings is 1. The number of benzene rings is 2. The second kappa shape index (κ2) is 4.55. The van der Waals surface area contributed by atoms with Gasteiger partial charge in [-0.15, -0.1) is 11.3 Å². The van der Waals surface area contributed by atoms with Crippen molar-refractivity contribution in [3.63, 3.8) is 0 Å². The molecule has 3 aromatic rings. The van der Waals surface area contributed by atoms with Crippen LogP contribution in [0.15, 0.2) is 54.2 Å². The van der Waals surface area contributed by atoms with Gasteiger partial charge in [-0.25, -0.2) is 0 Å². The average molecular weight is 240 g/mol. The fourth-order valence-corrected chi connectivity index (χ4v) is 2.35. The number of aromatic nitrogens is 1. The van der Waals surface area contributed by atoms with Gasteiger partial charge in [0.05, 0.1) is 12.1 Å². The summed E-state index contributed by atoms with van der Waals surface area (Å²) in [5.41, 5.74) is 3.01. The molecule has 2 aromatic carbocycles. The van der Waals surface area contributed by atoms with Crippen molar-refractivity contribution in [3.05, 3.63) is 59.0 Å². The fourth-order valence-electron chi connectivity index (χ4n) is 1.82. The molecule has 3 heteroatoms. The molecule has 2 nitrogen and oxygen atoms in total. The summed E-state index contributed by atoms with van der Waals surface area (Å²) in [6.45, 7) is 0.836. The highest BCUT2D eigenvalue weighted by atomic mass is 32.1. The Morgan fingerprint density at radius 3 is 2.76 bits per heavy atom. The van der Waals surface area contributed by atoms with Crippen LogP contribution in [0, 0.1) is 0 Å². The zero-order valence-electron chi connectivity index (χ0n) is 9.26. The first-order valence-corrected chi connectivity index (χ1v) is 6.40. The van der Waals surface area contributed by atoms with Crippen molar-refractivity contribution in [2.24, 2.45) is 0 Å². The predicted octanol–water partition coefficient (Wildman–Crippen LogP) is 3.91. The zero-order chi connectivity index (χ0) is 11.5. The quantitative estimate of drug-likeness (QED) is 0.750. The number of hydrogen-bond donors (Lipinski definition) is 1. The Morgan fingerprint density at radius 2 is 1.94 bits per heavy atom. The molecule has 0 aliphatic heterocycles. The Bertz CT molecular complexity index is 617. The van der Waals surface area contributed by atoms with Gasteiger partial charge >= 0.3 is 0 Å². The number of anilines is 1. The molecule has 3 rings (SSSR count). The monoisotopic (exact) mass is 240 g/mol. The third-order valence-corrected chi connectivity index (χ3v) is 3.48. The highest BCUT2D eigenvalue weighted by Crippen LogP contribution is 2.19. The molecule has 17 heavy (non-hydrogen) atoms. The van der Waals surface area contributed by atoms with Crippen LogP contribution in [0.2, 0.25) is 0 Å². The van der Waals surface area contributed by atoms with E-state index in [2.05, 4.69) is 52.8 Å². The Balaban J connectivity index is 1.81. The summed E-state index contributed by atoms with van der Waals surface area (Å²) < 4.78 is 0. The second-order valence-corrected chi connectivity index (χ2v) is 4.85. The SMILES string of the molecule is c1ccc2cc(NCc3cncs3)ccc2c1. The summed E-state index contributed by atoms with van der Waals surface area (Å²) in [6, 6.07) is 14.8. The number of fused-ring (bicyclic) bond motifs is 1. The first-order chi connectivity index (χ1) is 8.42. The van der Waals surface area contributed by atoms with Crippen molar-refractivity contribution in [1.82, 2.24) is 4.98 Å². The average Bonchev–Trinajstić information content (AvgIpc) is 2.89. The molecule has 0 fully saturated rings. The van der Waals surface area contributed by atoms with Crippen molar-refractivity contribution in [2.75, 3.05) is 5.32 Å². The van der Waals surface area contributed by atoms with Crippen LogP contribution in [0.5, 0.6) is 0 Å². The lowest BCUT2D eigenvalue weighted by atomic mass is 10.1. The smallest absolute Gasteiger partial charge is 0.0794 e. The number of hydrogen-bond acceptors (Lipinski definition) is 3. The maximum Gasteiger partial charge on any atom is 0.0794 e. The maximum atomic E-state index is 4.06. The van der Waals surface area contributed by atoms with E-state index in [-0.39, 0.29) is 0 Å². The van der Waals surface area contributed by atoms with E-state index in [1.165, 1.54) is 15.6 Å². The van der Waals surface area contributed by atoms with E-state index >= 15 is 0 Å². The van der Waals surface area contributed by atoms with Gasteiger partial charge in [-0.05, 0) is 22.9 Å². The molecule has 0 atom stereocenters. The first-order valence-electron chi connectivity index (χ1n) is 5.52. The maximum absolute atomic E-state index is 4.06. The van der Waals surface area contributed by atoms with Crippen LogP contribution in [0.25, 0.3) is 10.8 Å². The van der Waals surface area contributed by atoms with E-state index in [1.54, 1.807) is 11.3 Å². The van der Waals surface area contributed by atoms with E-state index in [9.17, 15) is 0 Å². The summed E-state index contributed by atoms with van der Waals surface area (Å²) >= 11 is 1.67. The number of rotatable bonds is 3. The topological polar surface area (TPSA) is 24.9 Å². The Hall–Kier alpha value is -1.87. The van der Waals surface area contributed by atoms with Gasteiger partial charge in [-0.2, -0.15) is 0 Å². The summed E-state index contributed by atoms with van der Waals surface area (Å²) in [5, 5.41) is 5.95. The predicted molar refractivity (Wildman–Crippen MR) is 73.4 cm³/mol. The summed E-state index contributed by atoms with van der Waals surface area (Å²) in [5.74, 6) is 0. The van der Waals surface area contributed by atoms with Crippen LogP contribution < -0.4 is 5.32 Å². The molecule has 1 aromatic heterocycles. The van der Waals surface area contributed by atoms with E-state index in [0.717, 1.165) is 12.2 Å². The molecule has 0 spiro atoms. The molecule has 0 saturated carbocycles. The fraction of sp³-hybridized carbons (Fsp3) is 0.0714. The van der Waals surface area contributed by atoms with Gasteiger partial charge in [0, 0.05) is 16.8 Å². The summed E-state index contributed by atoms with van der Waals surface area (Å²) in [4.78, 5) is 5.31. The highest BCUT2D eigenvalue weighted by molar-refractivity contribution is 7.09. The minimum Gasteiger partial charge on any atom is -0.380 e. The van der Waals surface area contributed by atoms with Gasteiger partial charge in [0.15, 0.2) is 0 Å². The Morgan fingerprint density at radius 1 is 1.06 bits per heavy atom. The molecule has 0 unspecified atom stereocenters. The summed E-state index contributed by atoms with van der Waals surface area (Å²) in [6.07, 6.45) is 1.90. The zero-order valence-corrected chi connectivity index (χ0v) is 10.1. The minimum atomic E-state index is 0.836. The van der Waals surface area contributed by atoms with E-state index in [0.29, 0.717) is 0 Å². The van der Waals surface area contributed by atoms with Gasteiger partial charge in [-0.1, -0.05) is 30.3 Å². The molecule has 0 bridgehead atoms. The van der Waals surface area contributed by atoms with Gasteiger partial charge in [-0.3, -0.25) is 4.98 Å². The molecule has 0 amide bonds. The van der Waals surface area contributed by atoms with Crippen molar-refractivity contribution >= 4 is 27.8 Å². The number of nitrogens with zero attached hydrogens (tertiary/aromatic N) is 1. The van der Waals surface area contributed by atoms with Crippen molar-refractivity contribution < 1.29 is 0 Å². The first kappa shape index (κ1) is 10.3. The van der Waals surface area contributed by atoms with Crippen LogP contribution in [0.3, 0.4) is 0 Å². The van der Waals surface area contributed by atoms with Crippen molar-refractivity contribution in [1.29, 1.82) is 0 Å². The molecule has 84 valence electrons. The van der Waals surface area contributed by atoms with Crippen LogP contribution in [0.1, 0.15) is 4.88 Å². The summed E-state index contributed by atoms with van der Waals surface area (Å²) in [7, 11) is 0. The van der Waals surface area contributed by atoms with E-state index < -0.39 is 0 Å². The van der Waals surface area contributed by atoms with Gasteiger partial charge < -0.3 is 5.32 Å². The minimum absolute atomic E-state index is 0.836. The van der Waals surface area contributed by atoms with Crippen LogP contribution in [0.4, 0.5) is 5.69 Å². The molecule has 0 radical (unpaired) electrons. The standard InChI is InChI=1S/C14H12N2S/c1-2-4-12-7-13(6-5-11(12)3-1)16-9-14-8-15-10-17-14/h1-8,10,16H,9H2. The molecule has 0 aliphatic carbocycles. The van der Waals surface area contributed by atoms with Gasteiger partial charge in [0.1, 0.15) is 0 Å². The highest BCUT2D eigenvalue weighted by Gasteiger charge is 1.97. The molecular formula is C14H12N2S. The Labute approximate surface area is 104 Å². The van der Waals surface area contributed by atoms with E-state index in [4.69, 9.17) is 0 Å². The van der Waals surface area contributed by atoms with Crippen LogP contribution in [-0.2, 0) is 6.54 Å².